The lowest BCUT2D eigenvalue weighted by atomic mass is 9.95. The molecule has 6 nitrogen and oxygen atoms in total. The normalized spacial score (nSPS) is 12.4. The second-order valence-corrected chi connectivity index (χ2v) is 10.2. The van der Waals surface area contributed by atoms with Crippen molar-refractivity contribution >= 4 is 48.3 Å². The average Bonchev–Trinajstić information content (AvgIpc) is 3.16. The minimum absolute atomic E-state index is 0.0807. The summed E-state index contributed by atoms with van der Waals surface area (Å²) < 4.78 is 28.6. The zero-order valence-corrected chi connectivity index (χ0v) is 19.3. The molecule has 0 fully saturated rings. The molecule has 1 heterocycles. The maximum Gasteiger partial charge on any atom is 0.263 e. The molecule has 0 aliphatic carbocycles. The van der Waals surface area contributed by atoms with E-state index in [0.29, 0.717) is 17.6 Å². The predicted molar refractivity (Wildman–Crippen MR) is 130 cm³/mol. The number of amides is 1. The molecule has 0 saturated heterocycles. The van der Waals surface area contributed by atoms with Crippen molar-refractivity contribution in [3.63, 3.8) is 0 Å². The van der Waals surface area contributed by atoms with Crippen LogP contribution < -0.4 is 10.0 Å². The summed E-state index contributed by atoms with van der Waals surface area (Å²) in [5, 5.41) is 3.25. The van der Waals surface area contributed by atoms with Crippen molar-refractivity contribution in [1.29, 1.82) is 0 Å². The number of carbonyl (C=O) groups excluding carboxylic acids is 1. The number of aromatic nitrogens is 1. The molecule has 164 valence electrons. The van der Waals surface area contributed by atoms with Crippen molar-refractivity contribution in [2.75, 3.05) is 10.0 Å². The smallest absolute Gasteiger partial charge is 0.263 e. The van der Waals surface area contributed by atoms with Gasteiger partial charge in [-0.1, -0.05) is 66.3 Å². The Bertz CT molecular complexity index is 1350. The third-order valence-electron chi connectivity index (χ3n) is 5.14. The van der Waals surface area contributed by atoms with Crippen LogP contribution in [0.5, 0.6) is 0 Å². The van der Waals surface area contributed by atoms with Gasteiger partial charge in [-0.2, -0.15) is 0 Å². The number of hydrogen-bond acceptors (Lipinski definition) is 5. The number of thiazole rings is 1. The van der Waals surface area contributed by atoms with Gasteiger partial charge >= 0.3 is 0 Å². The monoisotopic (exact) mass is 465 g/mol. The number of carbonyl (C=O) groups is 1. The quantitative estimate of drug-likeness (QED) is 0.375. The van der Waals surface area contributed by atoms with E-state index >= 15 is 0 Å². The van der Waals surface area contributed by atoms with E-state index in [-0.39, 0.29) is 21.9 Å². The van der Waals surface area contributed by atoms with Crippen molar-refractivity contribution in [1.82, 2.24) is 4.98 Å². The number of hydrogen-bond donors (Lipinski definition) is 2. The molecule has 0 spiro atoms. The van der Waals surface area contributed by atoms with Crippen LogP contribution in [0.2, 0.25) is 0 Å². The van der Waals surface area contributed by atoms with E-state index < -0.39 is 10.0 Å². The second-order valence-electron chi connectivity index (χ2n) is 7.48. The molecule has 32 heavy (non-hydrogen) atoms. The Balaban J connectivity index is 1.53. The summed E-state index contributed by atoms with van der Waals surface area (Å²) in [6.07, 6.45) is 0.684. The first-order valence-corrected chi connectivity index (χ1v) is 12.5. The summed E-state index contributed by atoms with van der Waals surface area (Å²) in [5.74, 6) is -0.326. The molecule has 0 saturated carbocycles. The van der Waals surface area contributed by atoms with Gasteiger partial charge in [-0.3, -0.25) is 9.52 Å². The van der Waals surface area contributed by atoms with Gasteiger partial charge in [0.1, 0.15) is 0 Å². The fourth-order valence-corrected chi connectivity index (χ4v) is 5.56. The lowest BCUT2D eigenvalue weighted by molar-refractivity contribution is -0.117. The van der Waals surface area contributed by atoms with Crippen molar-refractivity contribution in [2.24, 2.45) is 0 Å². The topological polar surface area (TPSA) is 88.2 Å². The number of nitrogens with zero attached hydrogens (tertiary/aromatic N) is 1. The number of anilines is 2. The highest BCUT2D eigenvalue weighted by Gasteiger charge is 2.20. The Labute approximate surface area is 191 Å². The molecule has 0 aliphatic rings. The summed E-state index contributed by atoms with van der Waals surface area (Å²) in [5.41, 5.74) is 3.26. The highest BCUT2D eigenvalue weighted by Crippen LogP contribution is 2.30. The number of sulfonamides is 1. The Kier molecular flexibility index (Phi) is 6.25. The Morgan fingerprint density at radius 1 is 1.03 bits per heavy atom. The molecular formula is C24H23N3O3S2. The highest BCUT2D eigenvalue weighted by molar-refractivity contribution is 7.93. The molecule has 0 radical (unpaired) electrons. The molecule has 1 atom stereocenters. The van der Waals surface area contributed by atoms with E-state index in [1.165, 1.54) is 11.3 Å². The molecule has 0 bridgehead atoms. The van der Waals surface area contributed by atoms with Crippen LogP contribution in [0.4, 0.5) is 10.8 Å². The molecule has 2 N–H and O–H groups in total. The maximum absolute atomic E-state index is 12.8. The number of aryl methyl sites for hydroxylation is 1. The zero-order valence-electron chi connectivity index (χ0n) is 17.7. The molecular weight excluding hydrogens is 442 g/mol. The third kappa shape index (κ3) is 4.81. The summed E-state index contributed by atoms with van der Waals surface area (Å²) >= 11 is 1.22. The molecule has 8 heteroatoms. The first-order chi connectivity index (χ1) is 15.4. The Morgan fingerprint density at radius 3 is 2.44 bits per heavy atom. The van der Waals surface area contributed by atoms with Crippen LogP contribution in [0.1, 0.15) is 30.4 Å². The summed E-state index contributed by atoms with van der Waals surface area (Å²) in [4.78, 5) is 17.4. The second kappa shape index (κ2) is 9.10. The highest BCUT2D eigenvalue weighted by atomic mass is 32.2. The van der Waals surface area contributed by atoms with Crippen molar-refractivity contribution in [3.05, 3.63) is 83.9 Å². The minimum atomic E-state index is -3.72. The Morgan fingerprint density at radius 2 is 1.75 bits per heavy atom. The molecule has 4 rings (SSSR count). The molecule has 1 amide bonds. The lowest BCUT2D eigenvalue weighted by Crippen LogP contribution is -2.20. The summed E-state index contributed by atoms with van der Waals surface area (Å²) in [7, 11) is -3.72. The molecule has 1 aromatic heterocycles. The van der Waals surface area contributed by atoms with Gasteiger partial charge in [0.05, 0.1) is 21.0 Å². The van der Waals surface area contributed by atoms with Gasteiger partial charge < -0.3 is 5.32 Å². The van der Waals surface area contributed by atoms with Crippen LogP contribution >= 0.6 is 11.3 Å². The van der Waals surface area contributed by atoms with Gasteiger partial charge in [0.25, 0.3) is 10.0 Å². The molecule has 4 aromatic rings. The summed E-state index contributed by atoms with van der Waals surface area (Å²) in [6.45, 7) is 3.88. The molecule has 1 unspecified atom stereocenters. The van der Waals surface area contributed by atoms with E-state index in [9.17, 15) is 13.2 Å². The van der Waals surface area contributed by atoms with Gasteiger partial charge in [-0.05, 0) is 49.2 Å². The fourth-order valence-electron chi connectivity index (χ4n) is 3.42. The van der Waals surface area contributed by atoms with Crippen LogP contribution in [0.25, 0.3) is 10.2 Å². The van der Waals surface area contributed by atoms with Crippen molar-refractivity contribution in [3.8, 4) is 0 Å². The van der Waals surface area contributed by atoms with Crippen LogP contribution in [0.15, 0.2) is 77.7 Å². The van der Waals surface area contributed by atoms with Crippen molar-refractivity contribution < 1.29 is 13.2 Å². The van der Waals surface area contributed by atoms with Gasteiger partial charge in [0.15, 0.2) is 5.13 Å². The summed E-state index contributed by atoms with van der Waals surface area (Å²) in [6, 6.07) is 21.7. The van der Waals surface area contributed by atoms with Crippen LogP contribution in [0, 0.1) is 6.92 Å². The number of nitrogens with one attached hydrogen (secondary N) is 2. The maximum atomic E-state index is 12.8. The standard InChI is InChI=1S/C24H23N3O3S2/c1-3-20(17-7-5-4-6-8-17)23(28)25-18-11-14-21-22(15-18)31-24(26-21)27-32(29,30)19-12-9-16(2)10-13-19/h4-15,20H,3H2,1-2H3,(H,25,28)(H,26,27). The van der Waals surface area contributed by atoms with E-state index in [4.69, 9.17) is 0 Å². The number of fused-ring (bicyclic) bond motifs is 1. The van der Waals surface area contributed by atoms with Gasteiger partial charge in [0.2, 0.25) is 5.91 Å². The lowest BCUT2D eigenvalue weighted by Gasteiger charge is -2.15. The van der Waals surface area contributed by atoms with E-state index in [2.05, 4.69) is 15.0 Å². The van der Waals surface area contributed by atoms with Crippen LogP contribution in [-0.4, -0.2) is 19.3 Å². The largest absolute Gasteiger partial charge is 0.326 e. The van der Waals surface area contributed by atoms with Crippen LogP contribution in [-0.2, 0) is 14.8 Å². The van der Waals surface area contributed by atoms with E-state index in [0.717, 1.165) is 15.8 Å². The van der Waals surface area contributed by atoms with Crippen LogP contribution in [0.3, 0.4) is 0 Å². The molecule has 3 aromatic carbocycles. The van der Waals surface area contributed by atoms with Gasteiger partial charge in [0, 0.05) is 5.69 Å². The minimum Gasteiger partial charge on any atom is -0.326 e. The predicted octanol–water partition coefficient (Wildman–Crippen LogP) is 5.54. The SMILES string of the molecule is CCC(C(=O)Nc1ccc2nc(NS(=O)(=O)c3ccc(C)cc3)sc2c1)c1ccccc1. The Hall–Kier alpha value is -3.23. The first-order valence-electron chi connectivity index (χ1n) is 10.2. The van der Waals surface area contributed by atoms with Crippen molar-refractivity contribution in [2.45, 2.75) is 31.1 Å². The fraction of sp³-hybridized carbons (Fsp3) is 0.167. The van der Waals surface area contributed by atoms with E-state index in [1.807, 2.05) is 50.2 Å². The molecule has 0 aliphatic heterocycles. The van der Waals surface area contributed by atoms with Gasteiger partial charge in [-0.15, -0.1) is 0 Å². The van der Waals surface area contributed by atoms with E-state index in [1.54, 1.807) is 36.4 Å². The first kappa shape index (κ1) is 22.0. The number of benzene rings is 3. The third-order valence-corrected chi connectivity index (χ3v) is 7.55. The van der Waals surface area contributed by atoms with Gasteiger partial charge in [-0.25, -0.2) is 13.4 Å². The average molecular weight is 466 g/mol. The zero-order chi connectivity index (χ0) is 22.7. The number of rotatable bonds is 7.